The molecule has 0 fully saturated rings. The molecule has 0 radical (unpaired) electrons. The van der Waals surface area contributed by atoms with E-state index in [9.17, 15) is 0 Å². The van der Waals surface area contributed by atoms with Crippen LogP contribution >= 0.6 is 0 Å². The fourth-order valence-electron chi connectivity index (χ4n) is 5.12. The predicted molar refractivity (Wildman–Crippen MR) is 154 cm³/mol. The third-order valence-corrected chi connectivity index (χ3v) is 7.47. The maximum absolute atomic E-state index is 3.48. The van der Waals surface area contributed by atoms with Crippen LogP contribution in [-0.4, -0.2) is 3.21 Å². The van der Waals surface area contributed by atoms with E-state index in [1.807, 2.05) is 36.4 Å². The Hall–Kier alpha value is -1.92. The van der Waals surface area contributed by atoms with Crippen LogP contribution < -0.4 is 24.8 Å². The number of hydrogen-bond acceptors (Lipinski definition) is 0. The second-order valence-electron chi connectivity index (χ2n) is 10.5. The molecule has 0 nitrogen and oxygen atoms in total. The van der Waals surface area contributed by atoms with Gasteiger partial charge in [0.15, 0.2) is 0 Å². The first-order valence-electron chi connectivity index (χ1n) is 13.1. The summed E-state index contributed by atoms with van der Waals surface area (Å²) in [5, 5.41) is 5.30. The monoisotopic (exact) mass is 616 g/mol. The summed E-state index contributed by atoms with van der Waals surface area (Å²) >= 11 is 1.65. The Morgan fingerprint density at radius 3 is 1.95 bits per heavy atom. The first-order valence-corrected chi connectivity index (χ1v) is 14.3. The van der Waals surface area contributed by atoms with Crippen LogP contribution in [0.2, 0.25) is 0 Å². The van der Waals surface area contributed by atoms with Gasteiger partial charge in [0.2, 0.25) is 0 Å². The summed E-state index contributed by atoms with van der Waals surface area (Å²) in [5.41, 5.74) is 5.67. The van der Waals surface area contributed by atoms with Gasteiger partial charge < -0.3 is 24.8 Å². The van der Waals surface area contributed by atoms with Crippen molar-refractivity contribution in [2.24, 2.45) is 11.8 Å². The summed E-state index contributed by atoms with van der Waals surface area (Å²) in [6.07, 6.45) is 3.71. The van der Waals surface area contributed by atoms with Gasteiger partial charge in [-0.3, -0.25) is 0 Å². The average Bonchev–Trinajstić information content (AvgIpc) is 3.56. The molecular weight excluding hydrogens is 583 g/mol. The van der Waals surface area contributed by atoms with Gasteiger partial charge in [-0.1, -0.05) is 53.9 Å². The number of hydrogen-bond donors (Lipinski definition) is 0. The predicted octanol–water partition coefficient (Wildman–Crippen LogP) is 3.58. The summed E-state index contributed by atoms with van der Waals surface area (Å²) in [6.45, 7) is 9.18. The van der Waals surface area contributed by atoms with E-state index < -0.39 is 0 Å². The molecule has 0 N–H and O–H groups in total. The molecule has 0 bridgehead atoms. The zero-order valence-corrected chi connectivity index (χ0v) is 26.7. The number of halogens is 2. The average molecular weight is 619 g/mol. The normalized spacial score (nSPS) is 10.9. The van der Waals surface area contributed by atoms with Crippen LogP contribution in [0.4, 0.5) is 0 Å². The molecule has 5 aromatic rings. The molecule has 1 aliphatic carbocycles. The second-order valence-corrected chi connectivity index (χ2v) is 12.2. The molecule has 3 heteroatoms. The third kappa shape index (κ3) is 8.05. The first-order chi connectivity index (χ1) is 17.5. The quantitative estimate of drug-likeness (QED) is 0.210. The van der Waals surface area contributed by atoms with E-state index in [0.717, 1.165) is 18.3 Å². The van der Waals surface area contributed by atoms with E-state index in [4.69, 9.17) is 0 Å². The van der Waals surface area contributed by atoms with E-state index in [-0.39, 0.29) is 24.8 Å². The Bertz CT molecular complexity index is 1400. The summed E-state index contributed by atoms with van der Waals surface area (Å²) in [4.78, 5) is 0. The molecule has 0 saturated heterocycles. The van der Waals surface area contributed by atoms with Gasteiger partial charge in [-0.25, -0.2) is 12.1 Å². The summed E-state index contributed by atoms with van der Waals surface area (Å²) in [6, 6.07) is 37.3. The molecular formula is C35H36Cl2Zr-2. The molecule has 0 spiro atoms. The minimum atomic E-state index is 0. The zero-order valence-electron chi connectivity index (χ0n) is 22.8. The summed E-state index contributed by atoms with van der Waals surface area (Å²) in [7, 11) is 0. The number of benzene rings is 4. The fraction of sp³-hybridized carbons (Fsp3) is 0.257. The Kier molecular flexibility index (Phi) is 13.3. The van der Waals surface area contributed by atoms with Crippen molar-refractivity contribution < 1.29 is 49.0 Å². The van der Waals surface area contributed by atoms with Gasteiger partial charge in [0.1, 0.15) is 0 Å². The Morgan fingerprint density at radius 2 is 1.34 bits per heavy atom. The van der Waals surface area contributed by atoms with Crippen LogP contribution in [0, 0.1) is 17.9 Å². The van der Waals surface area contributed by atoms with Gasteiger partial charge in [-0.2, -0.15) is 18.2 Å². The number of rotatable bonds is 4. The van der Waals surface area contributed by atoms with Crippen LogP contribution in [0.25, 0.3) is 32.7 Å². The van der Waals surface area contributed by atoms with Gasteiger partial charge in [0.05, 0.1) is 0 Å². The number of fused-ring (bicyclic) bond motifs is 8. The Morgan fingerprint density at radius 1 is 0.763 bits per heavy atom. The summed E-state index contributed by atoms with van der Waals surface area (Å²) < 4.78 is 1.75. The van der Waals surface area contributed by atoms with E-state index in [1.165, 1.54) is 56.6 Å². The molecule has 38 heavy (non-hydrogen) atoms. The molecule has 0 unspecified atom stereocenters. The van der Waals surface area contributed by atoms with Gasteiger partial charge in [-0.05, 0) is 28.5 Å². The van der Waals surface area contributed by atoms with Gasteiger partial charge in [0.25, 0.3) is 0 Å². The van der Waals surface area contributed by atoms with Crippen molar-refractivity contribution in [3.8, 4) is 11.1 Å². The fourth-order valence-corrected chi connectivity index (χ4v) is 7.12. The molecule has 0 saturated carbocycles. The third-order valence-electron chi connectivity index (χ3n) is 6.47. The smallest absolute Gasteiger partial charge is 0.0240 e. The second kappa shape index (κ2) is 15.6. The summed E-state index contributed by atoms with van der Waals surface area (Å²) in [5.74, 6) is 1.71. The van der Waals surface area contributed by atoms with E-state index >= 15 is 0 Å². The van der Waals surface area contributed by atoms with Crippen LogP contribution in [0.3, 0.4) is 0 Å². The van der Waals surface area contributed by atoms with Gasteiger partial charge in [0, 0.05) is 0 Å². The molecule has 0 aliphatic heterocycles. The maximum atomic E-state index is 3.48. The first kappa shape index (κ1) is 32.3. The molecule has 0 amide bonds. The Balaban J connectivity index is 0.000000253. The maximum Gasteiger partial charge on any atom is -0.0240 e. The van der Waals surface area contributed by atoms with Crippen molar-refractivity contribution in [2.75, 3.05) is 0 Å². The van der Waals surface area contributed by atoms with E-state index in [2.05, 4.69) is 94.4 Å². The van der Waals surface area contributed by atoms with Crippen molar-refractivity contribution in [1.82, 2.24) is 0 Å². The molecule has 6 rings (SSSR count). The SMILES string of the molecule is CC(C)C[C](=[Zr+2])CC(C)C.[Cl-].[Cl-].[c-]1cccc2c1c1c(c3ccccc32)-c2ccccc2C1.c1cc[cH-]c1. The van der Waals surface area contributed by atoms with Crippen LogP contribution in [-0.2, 0) is 30.7 Å². The molecule has 0 atom stereocenters. The molecule has 196 valence electrons. The molecule has 0 aromatic heterocycles. The zero-order chi connectivity index (χ0) is 25.5. The van der Waals surface area contributed by atoms with Crippen molar-refractivity contribution in [3.05, 3.63) is 114 Å². The van der Waals surface area contributed by atoms with Gasteiger partial charge in [-0.15, -0.1) is 40.6 Å². The minimum absolute atomic E-state index is 0. The standard InChI is InChI=1S/C21H13.C9H18.C5H5.2ClH.Zr/c1-2-8-15-14(7-1)13-20-18-11-4-3-9-16(18)17-10-5-6-12-19(17)21(15)20;1-8(2)6-5-7-9(3)4;1-2-4-5-3-1;;;/h1-10,12H,13H2;8-9H,6-7H2,1-4H3;1-5H;2*1H;/q-1;;-1;;;+2/p-2. The molecule has 0 heterocycles. The largest absolute Gasteiger partial charge is 1.00 e. The van der Waals surface area contributed by atoms with E-state index in [0.29, 0.717) is 0 Å². The topological polar surface area (TPSA) is 0 Å². The Labute approximate surface area is 256 Å². The van der Waals surface area contributed by atoms with E-state index in [1.54, 1.807) is 27.4 Å². The van der Waals surface area contributed by atoms with Crippen molar-refractivity contribution in [1.29, 1.82) is 0 Å². The molecule has 1 aliphatic rings. The van der Waals surface area contributed by atoms with Crippen LogP contribution in [0.5, 0.6) is 0 Å². The van der Waals surface area contributed by atoms with Crippen LogP contribution in [0.1, 0.15) is 51.7 Å². The minimum Gasteiger partial charge on any atom is -1.00 e. The van der Waals surface area contributed by atoms with Crippen molar-refractivity contribution in [3.63, 3.8) is 0 Å². The molecule has 5 aromatic carbocycles. The van der Waals surface area contributed by atoms with Crippen LogP contribution in [0.15, 0.2) is 97.1 Å². The van der Waals surface area contributed by atoms with Crippen molar-refractivity contribution in [2.45, 2.75) is 47.0 Å². The van der Waals surface area contributed by atoms with Crippen molar-refractivity contribution >= 4 is 24.8 Å². The van der Waals surface area contributed by atoms with Gasteiger partial charge >= 0.3 is 79.8 Å².